The first-order valence-electron chi connectivity index (χ1n) is 6.67. The number of carbonyl (C=O) groups is 1. The Morgan fingerprint density at radius 1 is 1.52 bits per heavy atom. The van der Waals surface area contributed by atoms with Gasteiger partial charge < -0.3 is 15.0 Å². The molecule has 112 valence electrons. The number of anilines is 1. The monoisotopic (exact) mass is 289 g/mol. The molecule has 0 fully saturated rings. The maximum absolute atomic E-state index is 12.2. The molecule has 0 atom stereocenters. The van der Waals surface area contributed by atoms with Crippen molar-refractivity contribution in [3.8, 4) is 5.88 Å². The van der Waals surface area contributed by atoms with E-state index in [0.717, 1.165) is 5.56 Å². The first kappa shape index (κ1) is 14.8. The van der Waals surface area contributed by atoms with E-state index in [0.29, 0.717) is 24.7 Å². The number of amides is 2. The molecule has 21 heavy (non-hydrogen) atoms. The summed E-state index contributed by atoms with van der Waals surface area (Å²) in [6.45, 7) is 2.84. The van der Waals surface area contributed by atoms with Crippen molar-refractivity contribution in [2.45, 2.75) is 13.5 Å². The molecule has 0 radical (unpaired) electrons. The highest BCUT2D eigenvalue weighted by Gasteiger charge is 2.13. The van der Waals surface area contributed by atoms with Gasteiger partial charge in [0, 0.05) is 32.1 Å². The van der Waals surface area contributed by atoms with Crippen LogP contribution >= 0.6 is 0 Å². The number of pyridine rings is 1. The first-order valence-corrected chi connectivity index (χ1v) is 6.67. The molecule has 1 N–H and O–H groups in total. The lowest BCUT2D eigenvalue weighted by molar-refractivity contribution is 0.220. The minimum atomic E-state index is -0.229. The first-order chi connectivity index (χ1) is 10.1. The fourth-order valence-corrected chi connectivity index (χ4v) is 1.85. The highest BCUT2D eigenvalue weighted by atomic mass is 16.5. The van der Waals surface area contributed by atoms with Gasteiger partial charge in [-0.05, 0) is 19.1 Å². The summed E-state index contributed by atoms with van der Waals surface area (Å²) < 4.78 is 7.09. The predicted molar refractivity (Wildman–Crippen MR) is 79.1 cm³/mol. The number of hydrogen-bond acceptors (Lipinski definition) is 4. The molecule has 0 aromatic carbocycles. The second-order valence-corrected chi connectivity index (χ2v) is 4.60. The van der Waals surface area contributed by atoms with Crippen molar-refractivity contribution in [3.05, 3.63) is 36.3 Å². The van der Waals surface area contributed by atoms with E-state index in [9.17, 15) is 4.79 Å². The van der Waals surface area contributed by atoms with Gasteiger partial charge in [-0.1, -0.05) is 0 Å². The normalized spacial score (nSPS) is 10.2. The van der Waals surface area contributed by atoms with Crippen LogP contribution in [0.3, 0.4) is 0 Å². The average Bonchev–Trinajstić information content (AvgIpc) is 2.86. The van der Waals surface area contributed by atoms with Crippen molar-refractivity contribution in [2.24, 2.45) is 7.05 Å². The summed E-state index contributed by atoms with van der Waals surface area (Å²) in [6.07, 6.45) is 5.24. The summed E-state index contributed by atoms with van der Waals surface area (Å²) in [6, 6.07) is 3.28. The van der Waals surface area contributed by atoms with E-state index >= 15 is 0 Å². The van der Waals surface area contributed by atoms with Gasteiger partial charge in [0.25, 0.3) is 0 Å². The lowest BCUT2D eigenvalue weighted by Gasteiger charge is -2.18. The summed E-state index contributed by atoms with van der Waals surface area (Å²) >= 11 is 0. The SMILES string of the molecule is CCOc1ncccc1NC(=O)N(C)Cc1cnn(C)c1. The molecule has 7 heteroatoms. The second-order valence-electron chi connectivity index (χ2n) is 4.60. The van der Waals surface area contributed by atoms with Gasteiger partial charge in [0.15, 0.2) is 0 Å². The zero-order valence-corrected chi connectivity index (χ0v) is 12.4. The number of aryl methyl sites for hydroxylation is 1. The highest BCUT2D eigenvalue weighted by Crippen LogP contribution is 2.20. The number of rotatable bonds is 5. The van der Waals surface area contributed by atoms with Crippen molar-refractivity contribution in [3.63, 3.8) is 0 Å². The van der Waals surface area contributed by atoms with Gasteiger partial charge in [0.1, 0.15) is 5.69 Å². The lowest BCUT2D eigenvalue weighted by atomic mass is 10.3. The van der Waals surface area contributed by atoms with Crippen LogP contribution in [0, 0.1) is 0 Å². The van der Waals surface area contributed by atoms with E-state index < -0.39 is 0 Å². The molecule has 0 unspecified atom stereocenters. The molecule has 0 saturated carbocycles. The fourth-order valence-electron chi connectivity index (χ4n) is 1.85. The number of hydrogen-bond donors (Lipinski definition) is 1. The van der Waals surface area contributed by atoms with E-state index in [1.165, 1.54) is 0 Å². The van der Waals surface area contributed by atoms with Gasteiger partial charge in [0.05, 0.1) is 19.3 Å². The molecule has 2 aromatic heterocycles. The van der Waals surface area contributed by atoms with Gasteiger partial charge in [0.2, 0.25) is 5.88 Å². The molecule has 0 aliphatic carbocycles. The Morgan fingerprint density at radius 3 is 3.00 bits per heavy atom. The molecule has 7 nitrogen and oxygen atoms in total. The van der Waals surface area contributed by atoms with Crippen LogP contribution in [0.5, 0.6) is 5.88 Å². The van der Waals surface area contributed by atoms with Crippen LogP contribution in [-0.2, 0) is 13.6 Å². The molecule has 2 amide bonds. The molecule has 2 aromatic rings. The Kier molecular flexibility index (Phi) is 4.76. The topological polar surface area (TPSA) is 72.3 Å². The maximum atomic E-state index is 12.2. The molecule has 2 rings (SSSR count). The van der Waals surface area contributed by atoms with Gasteiger partial charge in [-0.25, -0.2) is 9.78 Å². The minimum Gasteiger partial charge on any atom is -0.476 e. The lowest BCUT2D eigenvalue weighted by Crippen LogP contribution is -2.31. The second kappa shape index (κ2) is 6.74. The van der Waals surface area contributed by atoms with Crippen LogP contribution in [0.1, 0.15) is 12.5 Å². The zero-order chi connectivity index (χ0) is 15.2. The third kappa shape index (κ3) is 3.95. The number of aromatic nitrogens is 3. The van der Waals surface area contributed by atoms with E-state index in [4.69, 9.17) is 4.74 Å². The number of nitrogens with one attached hydrogen (secondary N) is 1. The van der Waals surface area contributed by atoms with Crippen LogP contribution in [0.15, 0.2) is 30.7 Å². The maximum Gasteiger partial charge on any atom is 0.322 e. The van der Waals surface area contributed by atoms with Gasteiger partial charge in [-0.2, -0.15) is 5.10 Å². The van der Waals surface area contributed by atoms with E-state index in [1.54, 1.807) is 41.2 Å². The smallest absolute Gasteiger partial charge is 0.322 e. The molecular formula is C14H19N5O2. The Morgan fingerprint density at radius 2 is 2.33 bits per heavy atom. The number of carbonyl (C=O) groups excluding carboxylic acids is 1. The third-order valence-electron chi connectivity index (χ3n) is 2.82. The van der Waals surface area contributed by atoms with Crippen LogP contribution in [0.2, 0.25) is 0 Å². The van der Waals surface area contributed by atoms with Gasteiger partial charge in [-0.15, -0.1) is 0 Å². The molecule has 0 spiro atoms. The van der Waals surface area contributed by atoms with Crippen molar-refractivity contribution < 1.29 is 9.53 Å². The highest BCUT2D eigenvalue weighted by molar-refractivity contribution is 5.90. The van der Waals surface area contributed by atoms with E-state index in [-0.39, 0.29) is 6.03 Å². The molecular weight excluding hydrogens is 270 g/mol. The molecule has 0 aliphatic heterocycles. The quantitative estimate of drug-likeness (QED) is 0.912. The number of urea groups is 1. The Balaban J connectivity index is 2.00. The van der Waals surface area contributed by atoms with Crippen molar-refractivity contribution in [1.29, 1.82) is 0 Å². The Labute approximate surface area is 123 Å². The molecule has 0 saturated heterocycles. The van der Waals surface area contributed by atoms with E-state index in [2.05, 4.69) is 15.4 Å². The minimum absolute atomic E-state index is 0.229. The molecule has 0 aliphatic rings. The largest absolute Gasteiger partial charge is 0.476 e. The van der Waals surface area contributed by atoms with Crippen LogP contribution in [0.4, 0.5) is 10.5 Å². The van der Waals surface area contributed by atoms with Crippen molar-refractivity contribution in [1.82, 2.24) is 19.7 Å². The summed E-state index contributed by atoms with van der Waals surface area (Å²) in [7, 11) is 3.56. The van der Waals surface area contributed by atoms with Gasteiger partial charge in [-0.3, -0.25) is 4.68 Å². The summed E-state index contributed by atoms with van der Waals surface area (Å²) in [5.74, 6) is 0.420. The van der Waals surface area contributed by atoms with E-state index in [1.807, 2.05) is 20.2 Å². The number of ether oxygens (including phenoxy) is 1. The summed E-state index contributed by atoms with van der Waals surface area (Å²) in [4.78, 5) is 17.9. The van der Waals surface area contributed by atoms with Crippen molar-refractivity contribution in [2.75, 3.05) is 19.0 Å². The standard InChI is InChI=1S/C14H19N5O2/c1-4-21-13-12(6-5-7-15-13)17-14(20)18(2)9-11-8-16-19(3)10-11/h5-8,10H,4,9H2,1-3H3,(H,17,20). The zero-order valence-electron chi connectivity index (χ0n) is 12.4. The average molecular weight is 289 g/mol. The van der Waals surface area contributed by atoms with Crippen molar-refractivity contribution >= 4 is 11.7 Å². The Bertz CT molecular complexity index is 611. The summed E-state index contributed by atoms with van der Waals surface area (Å²) in [5.41, 5.74) is 1.52. The fraction of sp³-hybridized carbons (Fsp3) is 0.357. The molecule has 2 heterocycles. The van der Waals surface area contributed by atoms with Gasteiger partial charge >= 0.3 is 6.03 Å². The van der Waals surface area contributed by atoms with Crippen LogP contribution < -0.4 is 10.1 Å². The third-order valence-corrected chi connectivity index (χ3v) is 2.82. The Hall–Kier alpha value is -2.57. The predicted octanol–water partition coefficient (Wildman–Crippen LogP) is 1.88. The number of nitrogens with zero attached hydrogens (tertiary/aromatic N) is 4. The molecule has 0 bridgehead atoms. The van der Waals surface area contributed by atoms with Crippen LogP contribution in [0.25, 0.3) is 0 Å². The van der Waals surface area contributed by atoms with Crippen LogP contribution in [-0.4, -0.2) is 39.4 Å². The summed E-state index contributed by atoms with van der Waals surface area (Å²) in [5, 5.41) is 6.87.